The van der Waals surface area contributed by atoms with E-state index in [4.69, 9.17) is 15.7 Å². The maximum Gasteiger partial charge on any atom is 0.0947 e. The van der Waals surface area contributed by atoms with Gasteiger partial charge in [-0.1, -0.05) is 183 Å². The van der Waals surface area contributed by atoms with Crippen molar-refractivity contribution in [2.45, 2.75) is 25.3 Å². The normalized spacial score (nSPS) is 16.6. The molecular weight excluding hydrogens is 705 g/mol. The van der Waals surface area contributed by atoms with Gasteiger partial charge >= 0.3 is 0 Å². The fraction of sp³-hybridized carbons (Fsp3) is 0.0741. The topological polar surface area (TPSA) is 63.3 Å². The van der Waals surface area contributed by atoms with E-state index in [1.54, 1.807) is 0 Å². The highest BCUT2D eigenvalue weighted by Gasteiger charge is 2.22. The quantitative estimate of drug-likeness (QED) is 0.145. The molecule has 0 bridgehead atoms. The lowest BCUT2D eigenvalue weighted by Crippen LogP contribution is -2.19. The van der Waals surface area contributed by atoms with Gasteiger partial charge in [-0.05, 0) is 70.5 Å². The van der Waals surface area contributed by atoms with Crippen molar-refractivity contribution in [1.29, 1.82) is 0 Å². The molecule has 2 aliphatic rings. The Hall–Kier alpha value is -7.30. The number of fused-ring (bicyclic) bond motifs is 3. The number of anilines is 1. The molecule has 4 heteroatoms. The standard InChI is InChI=1S/C54H44N4/c1-36-33-49(48-31-29-45-30-32-51(43-17-10-5-11-18-43)58-53(45)54(48)56-36)47-20-12-19-46(34-47)41-25-27-44(28-26-41)52(35-50(55)42-15-8-4-9-16-42)57-37(2)38-21-23-40(24-22-38)39-13-6-3-7-14-39/h3-23,25-36,40,56H,2,24,55H2,1H3/b50-35-,57-52?. The van der Waals surface area contributed by atoms with Crippen LogP contribution in [0.3, 0.4) is 0 Å². The predicted molar refractivity (Wildman–Crippen MR) is 245 cm³/mol. The number of allylic oxidation sites excluding steroid dienone is 4. The molecule has 7 aromatic rings. The molecule has 280 valence electrons. The highest BCUT2D eigenvalue weighted by molar-refractivity contribution is 6.13. The van der Waals surface area contributed by atoms with E-state index in [1.165, 1.54) is 11.1 Å². The van der Waals surface area contributed by atoms with Crippen molar-refractivity contribution in [3.05, 3.63) is 240 Å². The summed E-state index contributed by atoms with van der Waals surface area (Å²) in [7, 11) is 0. The second kappa shape index (κ2) is 16.0. The molecule has 3 N–H and O–H groups in total. The molecule has 4 nitrogen and oxygen atoms in total. The number of benzene rings is 6. The van der Waals surface area contributed by atoms with Crippen LogP contribution in [0, 0.1) is 0 Å². The maximum atomic E-state index is 6.70. The van der Waals surface area contributed by atoms with Crippen LogP contribution in [-0.2, 0) is 0 Å². The van der Waals surface area contributed by atoms with Crippen molar-refractivity contribution in [1.82, 2.24) is 4.98 Å². The van der Waals surface area contributed by atoms with Crippen molar-refractivity contribution in [2.24, 2.45) is 10.7 Å². The zero-order chi connectivity index (χ0) is 39.4. The van der Waals surface area contributed by atoms with E-state index in [0.717, 1.165) is 78.9 Å². The van der Waals surface area contributed by atoms with E-state index in [1.807, 2.05) is 42.5 Å². The highest BCUT2D eigenvalue weighted by Crippen LogP contribution is 2.40. The number of rotatable bonds is 9. The van der Waals surface area contributed by atoms with Crippen LogP contribution >= 0.6 is 0 Å². The number of aromatic nitrogens is 1. The Bertz CT molecular complexity index is 2790. The largest absolute Gasteiger partial charge is 0.398 e. The zero-order valence-corrected chi connectivity index (χ0v) is 32.5. The third-order valence-corrected chi connectivity index (χ3v) is 11.0. The summed E-state index contributed by atoms with van der Waals surface area (Å²) in [6.07, 6.45) is 11.8. The Morgan fingerprint density at radius 1 is 0.724 bits per heavy atom. The molecule has 9 rings (SSSR count). The first-order chi connectivity index (χ1) is 28.5. The minimum atomic E-state index is 0.132. The van der Waals surface area contributed by atoms with Gasteiger partial charge in [-0.3, -0.25) is 0 Å². The van der Waals surface area contributed by atoms with E-state index in [2.05, 4.69) is 171 Å². The number of hydrogen-bond donors (Lipinski definition) is 2. The van der Waals surface area contributed by atoms with Crippen molar-refractivity contribution in [2.75, 3.05) is 5.32 Å². The molecule has 2 heterocycles. The second-order valence-electron chi connectivity index (χ2n) is 15.0. The van der Waals surface area contributed by atoms with Gasteiger partial charge < -0.3 is 11.1 Å². The lowest BCUT2D eigenvalue weighted by Gasteiger charge is -2.26. The fourth-order valence-corrected chi connectivity index (χ4v) is 7.92. The minimum Gasteiger partial charge on any atom is -0.398 e. The maximum absolute atomic E-state index is 6.70. The molecule has 0 amide bonds. The van der Waals surface area contributed by atoms with Crippen LogP contribution in [0.25, 0.3) is 44.6 Å². The molecule has 1 aliphatic carbocycles. The summed E-state index contributed by atoms with van der Waals surface area (Å²) in [4.78, 5) is 10.3. The number of pyridine rings is 1. The van der Waals surface area contributed by atoms with Crippen molar-refractivity contribution in [3.63, 3.8) is 0 Å². The van der Waals surface area contributed by atoms with Crippen LogP contribution in [0.4, 0.5) is 5.69 Å². The first-order valence-corrected chi connectivity index (χ1v) is 19.9. The summed E-state index contributed by atoms with van der Waals surface area (Å²) in [5.74, 6) is 0.343. The molecule has 2 atom stereocenters. The van der Waals surface area contributed by atoms with Crippen LogP contribution in [-0.4, -0.2) is 16.7 Å². The molecule has 1 aliphatic heterocycles. The van der Waals surface area contributed by atoms with E-state index in [9.17, 15) is 0 Å². The Morgan fingerprint density at radius 3 is 2.16 bits per heavy atom. The molecule has 58 heavy (non-hydrogen) atoms. The van der Waals surface area contributed by atoms with Gasteiger partial charge in [0, 0.05) is 39.7 Å². The molecule has 0 spiro atoms. The van der Waals surface area contributed by atoms with Crippen LogP contribution in [0.15, 0.2) is 217 Å². The smallest absolute Gasteiger partial charge is 0.0947 e. The van der Waals surface area contributed by atoms with Gasteiger partial charge in [0.05, 0.1) is 28.3 Å². The van der Waals surface area contributed by atoms with E-state index in [0.29, 0.717) is 17.3 Å². The monoisotopic (exact) mass is 748 g/mol. The number of aliphatic imine (C=N–C) groups is 1. The summed E-state index contributed by atoms with van der Waals surface area (Å²) in [5.41, 5.74) is 22.9. The van der Waals surface area contributed by atoms with Gasteiger partial charge in [0.15, 0.2) is 0 Å². The average Bonchev–Trinajstić information content (AvgIpc) is 3.29. The van der Waals surface area contributed by atoms with Gasteiger partial charge in [-0.15, -0.1) is 0 Å². The Kier molecular flexibility index (Phi) is 10.1. The first-order valence-electron chi connectivity index (χ1n) is 19.9. The van der Waals surface area contributed by atoms with Crippen molar-refractivity contribution >= 4 is 33.6 Å². The van der Waals surface area contributed by atoms with E-state index >= 15 is 0 Å². The van der Waals surface area contributed by atoms with E-state index < -0.39 is 0 Å². The molecule has 0 radical (unpaired) electrons. The molecule has 0 saturated carbocycles. The van der Waals surface area contributed by atoms with Gasteiger partial charge in [0.2, 0.25) is 0 Å². The average molecular weight is 749 g/mol. The number of nitrogens with two attached hydrogens (primary N) is 1. The Labute approximate surface area is 340 Å². The summed E-state index contributed by atoms with van der Waals surface area (Å²) in [5, 5.41) is 4.85. The van der Waals surface area contributed by atoms with Crippen LogP contribution in [0.5, 0.6) is 0 Å². The van der Waals surface area contributed by atoms with Crippen LogP contribution in [0.1, 0.15) is 47.1 Å². The van der Waals surface area contributed by atoms with Gasteiger partial charge in [-0.2, -0.15) is 0 Å². The third-order valence-electron chi connectivity index (χ3n) is 11.0. The van der Waals surface area contributed by atoms with Crippen LogP contribution in [0.2, 0.25) is 0 Å². The molecular formula is C54H44N4. The zero-order valence-electron chi connectivity index (χ0n) is 32.5. The van der Waals surface area contributed by atoms with Crippen molar-refractivity contribution in [3.8, 4) is 22.4 Å². The minimum absolute atomic E-state index is 0.132. The molecule has 1 aromatic heterocycles. The Balaban J connectivity index is 1.02. The lowest BCUT2D eigenvalue weighted by atomic mass is 9.89. The number of nitrogens with one attached hydrogen (secondary N) is 1. The highest BCUT2D eigenvalue weighted by atomic mass is 14.9. The van der Waals surface area contributed by atoms with Gasteiger partial charge in [0.1, 0.15) is 0 Å². The first kappa shape index (κ1) is 36.3. The van der Waals surface area contributed by atoms with Gasteiger partial charge in [0.25, 0.3) is 0 Å². The molecule has 2 unspecified atom stereocenters. The predicted octanol–water partition coefficient (Wildman–Crippen LogP) is 12.8. The number of nitrogens with zero attached hydrogens (tertiary/aromatic N) is 2. The lowest BCUT2D eigenvalue weighted by molar-refractivity contribution is 0.846. The van der Waals surface area contributed by atoms with E-state index in [-0.39, 0.29) is 6.04 Å². The molecule has 6 aromatic carbocycles. The Morgan fingerprint density at radius 2 is 1.41 bits per heavy atom. The summed E-state index contributed by atoms with van der Waals surface area (Å²) < 4.78 is 0. The SMILES string of the molecule is C=C(N=C(/C=C(\N)c1ccccc1)c1ccc(-c2cccc(C3=CC(C)Nc4c3ccc3ccc(-c5ccccc5)nc43)c2)cc1)C1=CCC(c2ccccc2)C=C1. The van der Waals surface area contributed by atoms with Crippen molar-refractivity contribution < 1.29 is 0 Å². The number of hydrogen-bond acceptors (Lipinski definition) is 4. The summed E-state index contributed by atoms with van der Waals surface area (Å²) in [6.45, 7) is 6.60. The third kappa shape index (κ3) is 7.61. The summed E-state index contributed by atoms with van der Waals surface area (Å²) >= 11 is 0. The second-order valence-corrected chi connectivity index (χ2v) is 15.0. The van der Waals surface area contributed by atoms with Gasteiger partial charge in [-0.25, -0.2) is 9.98 Å². The molecule has 0 fully saturated rings. The fourth-order valence-electron chi connectivity index (χ4n) is 7.92. The molecule has 0 saturated heterocycles. The van der Waals surface area contributed by atoms with Crippen LogP contribution < -0.4 is 11.1 Å². The summed E-state index contributed by atoms with van der Waals surface area (Å²) in [6, 6.07) is 57.2.